The highest BCUT2D eigenvalue weighted by atomic mass is 32.2. The van der Waals surface area contributed by atoms with Crippen molar-refractivity contribution < 1.29 is 13.2 Å². The largest absolute Gasteiger partial charge is 0.326 e. The van der Waals surface area contributed by atoms with E-state index in [4.69, 9.17) is 0 Å². The number of hydrogen-bond donors (Lipinski definition) is 1. The first-order chi connectivity index (χ1) is 12.3. The number of carbonyl (C=O) groups excluding carboxylic acids is 1. The second-order valence-electron chi connectivity index (χ2n) is 7.76. The monoisotopic (exact) mass is 378 g/mol. The van der Waals surface area contributed by atoms with Gasteiger partial charge in [-0.15, -0.1) is 0 Å². The van der Waals surface area contributed by atoms with E-state index in [0.29, 0.717) is 42.6 Å². The maximum atomic E-state index is 12.8. The van der Waals surface area contributed by atoms with Crippen LogP contribution in [0.15, 0.2) is 23.1 Å². The zero-order valence-electron chi connectivity index (χ0n) is 16.0. The molecule has 0 aromatic heterocycles. The predicted molar refractivity (Wildman–Crippen MR) is 103 cm³/mol. The Balaban J connectivity index is 1.72. The lowest BCUT2D eigenvalue weighted by atomic mass is 9.86. The van der Waals surface area contributed by atoms with E-state index in [1.807, 2.05) is 13.8 Å². The Morgan fingerprint density at radius 2 is 1.92 bits per heavy atom. The summed E-state index contributed by atoms with van der Waals surface area (Å²) in [6.45, 7) is 6.31. The molecule has 1 amide bonds. The number of nitrogens with one attached hydrogen (secondary N) is 1. The summed E-state index contributed by atoms with van der Waals surface area (Å²) >= 11 is 0. The van der Waals surface area contributed by atoms with Crippen molar-refractivity contribution in [2.24, 2.45) is 17.8 Å². The summed E-state index contributed by atoms with van der Waals surface area (Å²) < 4.78 is 27.1. The molecule has 1 aromatic rings. The molecule has 0 spiro atoms. The third-order valence-corrected chi connectivity index (χ3v) is 8.32. The topological polar surface area (TPSA) is 66.5 Å². The van der Waals surface area contributed by atoms with Gasteiger partial charge in [0.05, 0.1) is 4.90 Å². The molecule has 2 fully saturated rings. The van der Waals surface area contributed by atoms with Crippen LogP contribution in [0.5, 0.6) is 0 Å². The standard InChI is InChI=1S/C20H30N2O3S/c1-4-22(5-2)26(24,25)19-13-18(9-6-14(19)3)21-20(23)12-17-11-15-7-8-16(17)10-15/h6,9,13,15-17H,4-5,7-8,10-12H2,1-3H3,(H,21,23)/t15-,16+,17-/m0/s1. The fourth-order valence-electron chi connectivity index (χ4n) is 4.73. The van der Waals surface area contributed by atoms with Gasteiger partial charge in [-0.25, -0.2) is 8.42 Å². The van der Waals surface area contributed by atoms with Gasteiger partial charge in [-0.05, 0) is 61.6 Å². The van der Waals surface area contributed by atoms with Gasteiger partial charge in [-0.1, -0.05) is 26.3 Å². The molecule has 5 nitrogen and oxygen atoms in total. The average molecular weight is 379 g/mol. The van der Waals surface area contributed by atoms with E-state index in [9.17, 15) is 13.2 Å². The Morgan fingerprint density at radius 1 is 1.19 bits per heavy atom. The van der Waals surface area contributed by atoms with Crippen molar-refractivity contribution in [3.63, 3.8) is 0 Å². The Labute approximate surface area is 157 Å². The number of sulfonamides is 1. The van der Waals surface area contributed by atoms with Crippen LogP contribution >= 0.6 is 0 Å². The Morgan fingerprint density at radius 3 is 2.50 bits per heavy atom. The molecular formula is C20H30N2O3S. The SMILES string of the molecule is CCN(CC)S(=O)(=O)c1cc(NC(=O)C[C@@H]2C[C@H]3CC[C@@H]2C3)ccc1C. The first-order valence-corrected chi connectivity index (χ1v) is 11.2. The molecule has 1 aromatic carbocycles. The van der Waals surface area contributed by atoms with Crippen LogP contribution in [0.4, 0.5) is 5.69 Å². The summed E-state index contributed by atoms with van der Waals surface area (Å²) in [5.74, 6) is 2.03. The molecule has 26 heavy (non-hydrogen) atoms. The van der Waals surface area contributed by atoms with Crippen LogP contribution in [0.1, 0.15) is 51.5 Å². The molecular weight excluding hydrogens is 348 g/mol. The van der Waals surface area contributed by atoms with E-state index in [0.717, 1.165) is 5.92 Å². The van der Waals surface area contributed by atoms with E-state index in [-0.39, 0.29) is 10.8 Å². The van der Waals surface area contributed by atoms with Crippen molar-refractivity contribution in [3.8, 4) is 0 Å². The molecule has 2 saturated carbocycles. The van der Waals surface area contributed by atoms with Gasteiger partial charge in [0.1, 0.15) is 0 Å². The molecule has 3 atom stereocenters. The van der Waals surface area contributed by atoms with Crippen molar-refractivity contribution >= 4 is 21.6 Å². The zero-order valence-corrected chi connectivity index (χ0v) is 16.8. The predicted octanol–water partition coefficient (Wildman–Crippen LogP) is 3.79. The third kappa shape index (κ3) is 3.81. The minimum atomic E-state index is -3.54. The summed E-state index contributed by atoms with van der Waals surface area (Å²) in [5.41, 5.74) is 1.26. The van der Waals surface area contributed by atoms with E-state index in [1.54, 1.807) is 25.1 Å². The number of amides is 1. The summed E-state index contributed by atoms with van der Waals surface area (Å²) in [7, 11) is -3.54. The number of carbonyl (C=O) groups is 1. The van der Waals surface area contributed by atoms with Crippen LogP contribution in [0.25, 0.3) is 0 Å². The average Bonchev–Trinajstić information content (AvgIpc) is 3.20. The molecule has 144 valence electrons. The van der Waals surface area contributed by atoms with Crippen LogP contribution in [0, 0.1) is 24.7 Å². The van der Waals surface area contributed by atoms with Crippen molar-refractivity contribution in [2.45, 2.75) is 57.8 Å². The third-order valence-electron chi connectivity index (χ3n) is 6.13. The first kappa shape index (κ1) is 19.4. The molecule has 2 aliphatic carbocycles. The van der Waals surface area contributed by atoms with Gasteiger partial charge < -0.3 is 5.32 Å². The lowest BCUT2D eigenvalue weighted by Gasteiger charge is -2.22. The second kappa shape index (κ2) is 7.69. The van der Waals surface area contributed by atoms with Gasteiger partial charge in [0, 0.05) is 25.2 Å². The van der Waals surface area contributed by atoms with Crippen LogP contribution < -0.4 is 5.32 Å². The summed E-state index contributed by atoms with van der Waals surface area (Å²) in [6.07, 6.45) is 5.60. The number of fused-ring (bicyclic) bond motifs is 2. The summed E-state index contributed by atoms with van der Waals surface area (Å²) in [4.78, 5) is 12.7. The van der Waals surface area contributed by atoms with Gasteiger partial charge in [0.15, 0.2) is 0 Å². The molecule has 0 aliphatic heterocycles. The highest BCUT2D eigenvalue weighted by molar-refractivity contribution is 7.89. The normalized spacial score (nSPS) is 25.0. The maximum Gasteiger partial charge on any atom is 0.243 e. The number of nitrogens with zero attached hydrogens (tertiary/aromatic N) is 1. The van der Waals surface area contributed by atoms with Crippen molar-refractivity contribution in [2.75, 3.05) is 18.4 Å². The first-order valence-electron chi connectivity index (χ1n) is 9.75. The number of rotatable bonds is 7. The van der Waals surface area contributed by atoms with E-state index in [2.05, 4.69) is 5.32 Å². The molecule has 2 bridgehead atoms. The van der Waals surface area contributed by atoms with Crippen molar-refractivity contribution in [1.29, 1.82) is 0 Å². The number of benzene rings is 1. The molecule has 1 N–H and O–H groups in total. The van der Waals surface area contributed by atoms with E-state index < -0.39 is 10.0 Å². The molecule has 2 aliphatic rings. The summed E-state index contributed by atoms with van der Waals surface area (Å²) in [5, 5.41) is 2.92. The van der Waals surface area contributed by atoms with Crippen LogP contribution in [0.2, 0.25) is 0 Å². The van der Waals surface area contributed by atoms with Gasteiger partial charge in [0.2, 0.25) is 15.9 Å². The second-order valence-corrected chi connectivity index (χ2v) is 9.66. The number of hydrogen-bond acceptors (Lipinski definition) is 3. The Hall–Kier alpha value is -1.40. The zero-order chi connectivity index (χ0) is 18.9. The van der Waals surface area contributed by atoms with Crippen LogP contribution in [-0.2, 0) is 14.8 Å². The quantitative estimate of drug-likeness (QED) is 0.785. The minimum Gasteiger partial charge on any atom is -0.326 e. The van der Waals surface area contributed by atoms with Crippen molar-refractivity contribution in [1.82, 2.24) is 4.31 Å². The lowest BCUT2D eigenvalue weighted by Crippen LogP contribution is -2.31. The number of aryl methyl sites for hydroxylation is 1. The van der Waals surface area contributed by atoms with E-state index in [1.165, 1.54) is 30.0 Å². The number of anilines is 1. The molecule has 0 saturated heterocycles. The maximum absolute atomic E-state index is 12.8. The molecule has 6 heteroatoms. The fraction of sp³-hybridized carbons (Fsp3) is 0.650. The van der Waals surface area contributed by atoms with Gasteiger partial charge in [-0.3, -0.25) is 4.79 Å². The van der Waals surface area contributed by atoms with Crippen LogP contribution in [0.3, 0.4) is 0 Å². The molecule has 0 radical (unpaired) electrons. The van der Waals surface area contributed by atoms with Gasteiger partial charge in [0.25, 0.3) is 0 Å². The molecule has 3 rings (SSSR count). The lowest BCUT2D eigenvalue weighted by molar-refractivity contribution is -0.117. The smallest absolute Gasteiger partial charge is 0.243 e. The fourth-order valence-corrected chi connectivity index (χ4v) is 6.44. The van der Waals surface area contributed by atoms with Crippen molar-refractivity contribution in [3.05, 3.63) is 23.8 Å². The van der Waals surface area contributed by atoms with Gasteiger partial charge in [-0.2, -0.15) is 4.31 Å². The summed E-state index contributed by atoms with van der Waals surface area (Å²) in [6, 6.07) is 5.15. The minimum absolute atomic E-state index is 0.00223. The highest BCUT2D eigenvalue weighted by Crippen LogP contribution is 2.49. The van der Waals surface area contributed by atoms with Gasteiger partial charge >= 0.3 is 0 Å². The Bertz CT molecular complexity index is 771. The molecule has 0 unspecified atom stereocenters. The van der Waals surface area contributed by atoms with E-state index >= 15 is 0 Å². The Kier molecular flexibility index (Phi) is 5.72. The van der Waals surface area contributed by atoms with Crippen LogP contribution in [-0.4, -0.2) is 31.7 Å². The highest BCUT2D eigenvalue weighted by Gasteiger charge is 2.40. The molecule has 0 heterocycles.